The van der Waals surface area contributed by atoms with Crippen LogP contribution in [0.15, 0.2) is 54.9 Å². The number of halogens is 3. The van der Waals surface area contributed by atoms with E-state index >= 15 is 0 Å². The van der Waals surface area contributed by atoms with Gasteiger partial charge >= 0.3 is 6.18 Å². The summed E-state index contributed by atoms with van der Waals surface area (Å²) in [7, 11) is 0. The van der Waals surface area contributed by atoms with E-state index in [1.165, 1.54) is 4.90 Å². The zero-order valence-corrected chi connectivity index (χ0v) is 16.3. The Morgan fingerprint density at radius 1 is 1.13 bits per heavy atom. The Bertz CT molecular complexity index is 994. The average Bonchev–Trinajstić information content (AvgIpc) is 3.20. The van der Waals surface area contributed by atoms with E-state index in [4.69, 9.17) is 0 Å². The number of carbonyl (C=O) groups is 1. The zero-order chi connectivity index (χ0) is 21.1. The van der Waals surface area contributed by atoms with Gasteiger partial charge in [0.2, 0.25) is 5.91 Å². The lowest BCUT2D eigenvalue weighted by molar-refractivity contribution is -0.149. The Balaban J connectivity index is 1.49. The topological polar surface area (TPSA) is 61.0 Å². The van der Waals surface area contributed by atoms with E-state index in [-0.39, 0.29) is 31.0 Å². The van der Waals surface area contributed by atoms with Crippen LogP contribution in [0, 0.1) is 5.92 Å². The number of H-pyrrole nitrogens is 1. The third-order valence-corrected chi connectivity index (χ3v) is 5.56. The van der Waals surface area contributed by atoms with Crippen molar-refractivity contribution in [1.29, 1.82) is 0 Å². The van der Waals surface area contributed by atoms with Crippen molar-refractivity contribution in [2.45, 2.75) is 25.1 Å². The van der Waals surface area contributed by atoms with Crippen molar-refractivity contribution in [3.8, 4) is 0 Å². The van der Waals surface area contributed by atoms with Crippen molar-refractivity contribution in [3.05, 3.63) is 66.0 Å². The van der Waals surface area contributed by atoms with E-state index in [2.05, 4.69) is 15.3 Å². The molecule has 1 aliphatic heterocycles. The number of carbonyl (C=O) groups excluding carboxylic acids is 1. The maximum Gasteiger partial charge on any atom is 0.401 e. The molecule has 0 bridgehead atoms. The Kier molecular flexibility index (Phi) is 5.76. The number of nitrogens with zero attached hydrogens (tertiary/aromatic N) is 2. The van der Waals surface area contributed by atoms with E-state index in [9.17, 15) is 18.0 Å². The zero-order valence-electron chi connectivity index (χ0n) is 16.3. The molecule has 158 valence electrons. The standard InChI is InChI=1S/C22H23F3N4O/c23-22(24,25)13-29-10-8-16(9-11-29)21(30)28-20(15-4-2-1-3-5-15)17-6-7-18-19(12-17)27-14-26-18/h1-7,12,14,16,20H,8-11,13H2,(H,26,27)(H,28,30). The third kappa shape index (κ3) is 4.81. The van der Waals surface area contributed by atoms with Gasteiger partial charge in [-0.25, -0.2) is 4.98 Å². The maximum absolute atomic E-state index is 13.0. The molecule has 0 saturated carbocycles. The molecule has 1 atom stereocenters. The first-order valence-electron chi connectivity index (χ1n) is 9.96. The first-order valence-corrected chi connectivity index (χ1v) is 9.96. The molecule has 3 aromatic rings. The molecule has 1 aromatic heterocycles. The van der Waals surface area contributed by atoms with E-state index in [1.807, 2.05) is 48.5 Å². The minimum Gasteiger partial charge on any atom is -0.345 e. The number of likely N-dealkylation sites (tertiary alicyclic amines) is 1. The molecule has 5 nitrogen and oxygen atoms in total. The second-order valence-electron chi connectivity index (χ2n) is 7.70. The van der Waals surface area contributed by atoms with Gasteiger partial charge in [0, 0.05) is 5.92 Å². The van der Waals surface area contributed by atoms with Gasteiger partial charge in [-0.2, -0.15) is 13.2 Å². The Labute approximate surface area is 172 Å². The molecule has 0 aliphatic carbocycles. The largest absolute Gasteiger partial charge is 0.401 e. The van der Waals surface area contributed by atoms with Crippen LogP contribution in [0.1, 0.15) is 30.0 Å². The van der Waals surface area contributed by atoms with Crippen LogP contribution in [-0.2, 0) is 4.79 Å². The molecule has 30 heavy (non-hydrogen) atoms. The molecule has 2 aromatic carbocycles. The number of imidazole rings is 1. The predicted molar refractivity (Wildman–Crippen MR) is 108 cm³/mol. The number of benzene rings is 2. The van der Waals surface area contributed by atoms with E-state index in [0.717, 1.165) is 22.2 Å². The summed E-state index contributed by atoms with van der Waals surface area (Å²) in [5, 5.41) is 3.13. The molecule has 1 saturated heterocycles. The number of piperidine rings is 1. The van der Waals surface area contributed by atoms with Crippen LogP contribution < -0.4 is 5.32 Å². The van der Waals surface area contributed by atoms with Gasteiger partial charge < -0.3 is 10.3 Å². The van der Waals surface area contributed by atoms with Crippen molar-refractivity contribution in [3.63, 3.8) is 0 Å². The Morgan fingerprint density at radius 3 is 2.57 bits per heavy atom. The number of nitrogens with one attached hydrogen (secondary N) is 2. The second-order valence-corrected chi connectivity index (χ2v) is 7.70. The smallest absolute Gasteiger partial charge is 0.345 e. The maximum atomic E-state index is 13.0. The van der Waals surface area contributed by atoms with Gasteiger partial charge in [0.1, 0.15) is 0 Å². The van der Waals surface area contributed by atoms with Crippen molar-refractivity contribution in [1.82, 2.24) is 20.2 Å². The summed E-state index contributed by atoms with van der Waals surface area (Å²) in [4.78, 5) is 21.7. The van der Waals surface area contributed by atoms with Gasteiger partial charge in [-0.05, 0) is 49.2 Å². The molecule has 4 rings (SSSR count). The van der Waals surface area contributed by atoms with Gasteiger partial charge in [0.15, 0.2) is 0 Å². The SMILES string of the molecule is O=C(NC(c1ccccc1)c1ccc2nc[nH]c2c1)C1CCN(CC(F)(F)F)CC1. The highest BCUT2D eigenvalue weighted by atomic mass is 19.4. The normalized spacial score (nSPS) is 17.2. The highest BCUT2D eigenvalue weighted by Gasteiger charge is 2.34. The molecule has 1 aliphatic rings. The van der Waals surface area contributed by atoms with E-state index in [0.29, 0.717) is 12.8 Å². The molecule has 1 unspecified atom stereocenters. The van der Waals surface area contributed by atoms with Gasteiger partial charge in [0.25, 0.3) is 0 Å². The molecule has 0 spiro atoms. The number of hydrogen-bond donors (Lipinski definition) is 2. The highest BCUT2D eigenvalue weighted by Crippen LogP contribution is 2.27. The lowest BCUT2D eigenvalue weighted by Crippen LogP contribution is -2.44. The first-order chi connectivity index (χ1) is 14.4. The van der Waals surface area contributed by atoms with Crippen LogP contribution in [-0.4, -0.2) is 46.6 Å². The molecular formula is C22H23F3N4O. The van der Waals surface area contributed by atoms with Crippen LogP contribution in [0.3, 0.4) is 0 Å². The van der Waals surface area contributed by atoms with Crippen LogP contribution in [0.5, 0.6) is 0 Å². The number of aromatic amines is 1. The third-order valence-electron chi connectivity index (χ3n) is 5.56. The first kappa shape index (κ1) is 20.4. The molecule has 1 fully saturated rings. The average molecular weight is 416 g/mol. The second kappa shape index (κ2) is 8.47. The number of aromatic nitrogens is 2. The molecule has 8 heteroatoms. The Hall–Kier alpha value is -2.87. The summed E-state index contributed by atoms with van der Waals surface area (Å²) in [6.45, 7) is -0.375. The van der Waals surface area contributed by atoms with Gasteiger partial charge in [-0.15, -0.1) is 0 Å². The van der Waals surface area contributed by atoms with Crippen molar-refractivity contribution < 1.29 is 18.0 Å². The van der Waals surface area contributed by atoms with Gasteiger partial charge in [-0.1, -0.05) is 36.4 Å². The summed E-state index contributed by atoms with van der Waals surface area (Å²) < 4.78 is 37.8. The fraction of sp³-hybridized carbons (Fsp3) is 0.364. The quantitative estimate of drug-likeness (QED) is 0.660. The number of amides is 1. The highest BCUT2D eigenvalue weighted by molar-refractivity contribution is 5.80. The molecule has 2 N–H and O–H groups in total. The fourth-order valence-electron chi connectivity index (χ4n) is 4.00. The lowest BCUT2D eigenvalue weighted by atomic mass is 9.93. The molecule has 2 heterocycles. The lowest BCUT2D eigenvalue weighted by Gasteiger charge is -2.32. The summed E-state index contributed by atoms with van der Waals surface area (Å²) in [6, 6.07) is 15.1. The van der Waals surface area contributed by atoms with Gasteiger partial charge in [-0.3, -0.25) is 9.69 Å². The number of alkyl halides is 3. The number of fused-ring (bicyclic) bond motifs is 1. The van der Waals surface area contributed by atoms with Crippen molar-refractivity contribution in [2.24, 2.45) is 5.92 Å². The van der Waals surface area contributed by atoms with Gasteiger partial charge in [0.05, 0.1) is 29.9 Å². The molecule has 0 radical (unpaired) electrons. The summed E-state index contributed by atoms with van der Waals surface area (Å²) in [6.07, 6.45) is -1.75. The minimum atomic E-state index is -4.21. The summed E-state index contributed by atoms with van der Waals surface area (Å²) in [5.74, 6) is -0.420. The fourth-order valence-corrected chi connectivity index (χ4v) is 4.00. The van der Waals surface area contributed by atoms with E-state index in [1.54, 1.807) is 6.33 Å². The molecular weight excluding hydrogens is 393 g/mol. The Morgan fingerprint density at radius 2 is 1.87 bits per heavy atom. The summed E-state index contributed by atoms with van der Waals surface area (Å²) in [5.41, 5.74) is 3.58. The van der Waals surface area contributed by atoms with E-state index < -0.39 is 12.7 Å². The minimum absolute atomic E-state index is 0.125. The van der Waals surface area contributed by atoms with Crippen molar-refractivity contribution in [2.75, 3.05) is 19.6 Å². The summed E-state index contributed by atoms with van der Waals surface area (Å²) >= 11 is 0. The predicted octanol–water partition coefficient (Wildman–Crippen LogP) is 4.04. The van der Waals surface area contributed by atoms with Crippen LogP contribution >= 0.6 is 0 Å². The molecule has 1 amide bonds. The van der Waals surface area contributed by atoms with Crippen LogP contribution in [0.4, 0.5) is 13.2 Å². The number of rotatable bonds is 5. The van der Waals surface area contributed by atoms with Crippen molar-refractivity contribution >= 4 is 16.9 Å². The monoisotopic (exact) mass is 416 g/mol. The van der Waals surface area contributed by atoms with Crippen LogP contribution in [0.2, 0.25) is 0 Å². The number of hydrogen-bond acceptors (Lipinski definition) is 3. The van der Waals surface area contributed by atoms with Crippen LogP contribution in [0.25, 0.3) is 11.0 Å².